The van der Waals surface area contributed by atoms with E-state index in [0.717, 1.165) is 18.8 Å². The Morgan fingerprint density at radius 2 is 2.40 bits per heavy atom. The van der Waals surface area contributed by atoms with E-state index in [1.54, 1.807) is 11.7 Å². The molecular formula is C9H17N5O. The minimum Gasteiger partial charge on any atom is -0.359 e. The van der Waals surface area contributed by atoms with Gasteiger partial charge in [0.2, 0.25) is 5.91 Å². The van der Waals surface area contributed by atoms with E-state index in [1.807, 2.05) is 13.1 Å². The fraction of sp³-hybridized carbons (Fsp3) is 0.667. The third-order valence-corrected chi connectivity index (χ3v) is 1.99. The van der Waals surface area contributed by atoms with Crippen LogP contribution in [-0.2, 0) is 17.9 Å². The van der Waals surface area contributed by atoms with Crippen LogP contribution in [0.5, 0.6) is 0 Å². The molecule has 1 aromatic rings. The number of hydrogen-bond donors (Lipinski definition) is 2. The molecule has 0 unspecified atom stereocenters. The first kappa shape index (κ1) is 11.6. The van der Waals surface area contributed by atoms with Crippen LogP contribution in [0.3, 0.4) is 0 Å². The van der Waals surface area contributed by atoms with E-state index in [9.17, 15) is 4.79 Å². The van der Waals surface area contributed by atoms with Crippen LogP contribution in [0.15, 0.2) is 6.20 Å². The largest absolute Gasteiger partial charge is 0.359 e. The lowest BCUT2D eigenvalue weighted by molar-refractivity contribution is -0.120. The molecule has 0 saturated carbocycles. The van der Waals surface area contributed by atoms with Crippen LogP contribution in [-0.4, -0.2) is 34.5 Å². The molecule has 1 heterocycles. The summed E-state index contributed by atoms with van der Waals surface area (Å²) in [6.45, 7) is 4.23. The van der Waals surface area contributed by atoms with E-state index >= 15 is 0 Å². The van der Waals surface area contributed by atoms with Crippen LogP contribution in [0.4, 0.5) is 0 Å². The van der Waals surface area contributed by atoms with E-state index < -0.39 is 0 Å². The van der Waals surface area contributed by atoms with Crippen molar-refractivity contribution in [2.24, 2.45) is 0 Å². The van der Waals surface area contributed by atoms with E-state index in [-0.39, 0.29) is 5.91 Å². The molecule has 84 valence electrons. The van der Waals surface area contributed by atoms with E-state index in [2.05, 4.69) is 20.9 Å². The van der Waals surface area contributed by atoms with E-state index in [1.165, 1.54) is 0 Å². The summed E-state index contributed by atoms with van der Waals surface area (Å²) >= 11 is 0. The third-order valence-electron chi connectivity index (χ3n) is 1.99. The fourth-order valence-corrected chi connectivity index (χ4v) is 1.12. The second kappa shape index (κ2) is 6.13. The molecular weight excluding hydrogens is 194 g/mol. The molecule has 1 amide bonds. The van der Waals surface area contributed by atoms with Gasteiger partial charge in [-0.2, -0.15) is 0 Å². The number of rotatable bonds is 6. The van der Waals surface area contributed by atoms with E-state index in [4.69, 9.17) is 0 Å². The highest BCUT2D eigenvalue weighted by atomic mass is 16.1. The summed E-state index contributed by atoms with van der Waals surface area (Å²) in [5.41, 5.74) is 0.897. The number of hydrogen-bond acceptors (Lipinski definition) is 4. The van der Waals surface area contributed by atoms with Gasteiger partial charge in [0, 0.05) is 26.2 Å². The Morgan fingerprint density at radius 1 is 1.60 bits per heavy atom. The first-order valence-corrected chi connectivity index (χ1v) is 5.06. The Bertz CT molecular complexity index is 309. The van der Waals surface area contributed by atoms with Crippen molar-refractivity contribution in [1.29, 1.82) is 0 Å². The van der Waals surface area contributed by atoms with Gasteiger partial charge in [0.05, 0.1) is 12.2 Å². The van der Waals surface area contributed by atoms with Crippen LogP contribution < -0.4 is 10.6 Å². The van der Waals surface area contributed by atoms with Gasteiger partial charge in [-0.25, -0.2) is 0 Å². The molecule has 0 aromatic carbocycles. The van der Waals surface area contributed by atoms with Crippen molar-refractivity contribution in [1.82, 2.24) is 25.6 Å². The van der Waals surface area contributed by atoms with Crippen LogP contribution in [0.25, 0.3) is 0 Å². The molecule has 1 rings (SSSR count). The summed E-state index contributed by atoms with van der Waals surface area (Å²) in [6.07, 6.45) is 2.28. The van der Waals surface area contributed by atoms with Crippen molar-refractivity contribution in [3.63, 3.8) is 0 Å². The van der Waals surface area contributed by atoms with Crippen molar-refractivity contribution >= 4 is 5.91 Å². The van der Waals surface area contributed by atoms with Gasteiger partial charge >= 0.3 is 0 Å². The van der Waals surface area contributed by atoms with Crippen molar-refractivity contribution < 1.29 is 4.79 Å². The SMILES string of the molecule is CCNCc1cn(CCC(=O)NC)nn1. The highest BCUT2D eigenvalue weighted by Gasteiger charge is 2.02. The fourth-order valence-electron chi connectivity index (χ4n) is 1.12. The van der Waals surface area contributed by atoms with Gasteiger partial charge in [0.15, 0.2) is 0 Å². The molecule has 0 saturated heterocycles. The second-order valence-electron chi connectivity index (χ2n) is 3.18. The molecule has 0 bridgehead atoms. The number of carbonyl (C=O) groups excluding carboxylic acids is 1. The minimum absolute atomic E-state index is 0.0127. The Morgan fingerprint density at radius 3 is 3.07 bits per heavy atom. The highest BCUT2D eigenvalue weighted by Crippen LogP contribution is 1.94. The molecule has 0 aliphatic rings. The molecule has 0 aliphatic carbocycles. The lowest BCUT2D eigenvalue weighted by Crippen LogP contribution is -2.19. The molecule has 0 spiro atoms. The number of nitrogens with one attached hydrogen (secondary N) is 2. The van der Waals surface area contributed by atoms with Gasteiger partial charge in [-0.15, -0.1) is 5.10 Å². The van der Waals surface area contributed by atoms with Crippen molar-refractivity contribution in [2.45, 2.75) is 26.4 Å². The van der Waals surface area contributed by atoms with Crippen molar-refractivity contribution in [3.05, 3.63) is 11.9 Å². The molecule has 15 heavy (non-hydrogen) atoms. The molecule has 0 fully saturated rings. The molecule has 0 atom stereocenters. The van der Waals surface area contributed by atoms with Crippen LogP contribution in [0.2, 0.25) is 0 Å². The lowest BCUT2D eigenvalue weighted by Gasteiger charge is -1.98. The topological polar surface area (TPSA) is 71.8 Å². The maximum Gasteiger partial charge on any atom is 0.221 e. The maximum absolute atomic E-state index is 11.0. The number of nitrogens with zero attached hydrogens (tertiary/aromatic N) is 3. The Balaban J connectivity index is 2.35. The van der Waals surface area contributed by atoms with Gasteiger partial charge in [0.1, 0.15) is 0 Å². The molecule has 0 aliphatic heterocycles. The Kier molecular flexibility index (Phi) is 4.76. The quantitative estimate of drug-likeness (QED) is 0.667. The summed E-state index contributed by atoms with van der Waals surface area (Å²) in [4.78, 5) is 11.0. The molecule has 1 aromatic heterocycles. The summed E-state index contributed by atoms with van der Waals surface area (Å²) < 4.78 is 1.68. The Labute approximate surface area is 89.0 Å². The van der Waals surface area contributed by atoms with Gasteiger partial charge in [0.25, 0.3) is 0 Å². The predicted molar refractivity (Wildman–Crippen MR) is 56.1 cm³/mol. The number of aromatic nitrogens is 3. The molecule has 2 N–H and O–H groups in total. The summed E-state index contributed by atoms with van der Waals surface area (Å²) in [5, 5.41) is 13.6. The summed E-state index contributed by atoms with van der Waals surface area (Å²) in [6, 6.07) is 0. The zero-order chi connectivity index (χ0) is 11.1. The standard InChI is InChI=1S/C9H17N5O/c1-3-11-6-8-7-14(13-12-8)5-4-9(15)10-2/h7,11H,3-6H2,1-2H3,(H,10,15). The van der Waals surface area contributed by atoms with Gasteiger partial charge in [-0.3, -0.25) is 9.48 Å². The monoisotopic (exact) mass is 211 g/mol. The first-order chi connectivity index (χ1) is 7.26. The van der Waals surface area contributed by atoms with Crippen molar-refractivity contribution in [3.8, 4) is 0 Å². The summed E-state index contributed by atoms with van der Waals surface area (Å²) in [7, 11) is 1.63. The van der Waals surface area contributed by atoms with E-state index in [0.29, 0.717) is 13.0 Å². The van der Waals surface area contributed by atoms with Crippen LogP contribution in [0.1, 0.15) is 19.0 Å². The lowest BCUT2D eigenvalue weighted by atomic mass is 10.4. The minimum atomic E-state index is 0.0127. The Hall–Kier alpha value is -1.43. The smallest absolute Gasteiger partial charge is 0.221 e. The number of carbonyl (C=O) groups is 1. The molecule has 0 radical (unpaired) electrons. The normalized spacial score (nSPS) is 10.3. The van der Waals surface area contributed by atoms with Crippen LogP contribution in [0, 0.1) is 0 Å². The van der Waals surface area contributed by atoms with Gasteiger partial charge < -0.3 is 10.6 Å². The number of amides is 1. The van der Waals surface area contributed by atoms with Crippen LogP contribution >= 0.6 is 0 Å². The predicted octanol–water partition coefficient (Wildman–Crippen LogP) is -0.476. The molecule has 6 nitrogen and oxygen atoms in total. The maximum atomic E-state index is 11.0. The van der Waals surface area contributed by atoms with Gasteiger partial charge in [-0.05, 0) is 6.54 Å². The number of aryl methyl sites for hydroxylation is 1. The summed E-state index contributed by atoms with van der Waals surface area (Å²) in [5.74, 6) is 0.0127. The molecule has 6 heteroatoms. The average molecular weight is 211 g/mol. The zero-order valence-electron chi connectivity index (χ0n) is 9.16. The highest BCUT2D eigenvalue weighted by molar-refractivity contribution is 5.75. The average Bonchev–Trinajstić information content (AvgIpc) is 2.71. The van der Waals surface area contributed by atoms with Gasteiger partial charge in [-0.1, -0.05) is 12.1 Å². The second-order valence-corrected chi connectivity index (χ2v) is 3.18. The van der Waals surface area contributed by atoms with Crippen molar-refractivity contribution in [2.75, 3.05) is 13.6 Å². The first-order valence-electron chi connectivity index (χ1n) is 5.06. The zero-order valence-corrected chi connectivity index (χ0v) is 9.16. The third kappa shape index (κ3) is 4.07.